The number of phenols is 1. The molecule has 8 heteroatoms. The molecule has 1 heterocycles. The number of aromatic hydroxyl groups is 1. The number of halogens is 3. The molecule has 3 aromatic rings. The molecule has 5 nitrogen and oxygen atoms in total. The summed E-state index contributed by atoms with van der Waals surface area (Å²) in [6.45, 7) is 11.1. The van der Waals surface area contributed by atoms with Crippen molar-refractivity contribution in [1.82, 2.24) is 0 Å². The van der Waals surface area contributed by atoms with Gasteiger partial charge in [0, 0.05) is 0 Å². The fourth-order valence-corrected chi connectivity index (χ4v) is 4.21. The van der Waals surface area contributed by atoms with E-state index in [0.717, 1.165) is 42.0 Å². The minimum absolute atomic E-state index is 0.0647. The maximum absolute atomic E-state index is 14.1. The number of nitrogens with one attached hydrogen (secondary N) is 1. The van der Waals surface area contributed by atoms with Crippen LogP contribution in [0.25, 0.3) is 11.0 Å². The van der Waals surface area contributed by atoms with Crippen molar-refractivity contribution in [2.75, 3.05) is 13.1 Å². The second-order valence-electron chi connectivity index (χ2n) is 8.76. The Morgan fingerprint density at radius 1 is 1.06 bits per heavy atom. The van der Waals surface area contributed by atoms with Crippen LogP contribution in [0.1, 0.15) is 54.7 Å². The first-order valence-corrected chi connectivity index (χ1v) is 11.5. The molecule has 1 aromatic heterocycles. The number of quaternary nitrogens is 1. The highest BCUT2D eigenvalue weighted by Crippen LogP contribution is 2.40. The van der Waals surface area contributed by atoms with E-state index in [2.05, 4.69) is 0 Å². The molecule has 0 saturated carbocycles. The summed E-state index contributed by atoms with van der Waals surface area (Å²) in [5.41, 5.74) is 1.25. The normalized spacial score (nSPS) is 12.0. The summed E-state index contributed by atoms with van der Waals surface area (Å²) in [6, 6.07) is 6.07. The van der Waals surface area contributed by atoms with Crippen LogP contribution in [-0.4, -0.2) is 18.2 Å². The van der Waals surface area contributed by atoms with Gasteiger partial charge in [-0.05, 0) is 68.5 Å². The number of aryl methyl sites for hydroxylation is 2. The molecule has 0 aliphatic carbocycles. The predicted molar refractivity (Wildman–Crippen MR) is 125 cm³/mol. The largest absolute Gasteiger partial charge is 0.507 e. The van der Waals surface area contributed by atoms with E-state index < -0.39 is 23.1 Å². The summed E-state index contributed by atoms with van der Waals surface area (Å²) >= 11 is 0. The van der Waals surface area contributed by atoms with Gasteiger partial charge >= 0.3 is 6.18 Å². The van der Waals surface area contributed by atoms with E-state index in [9.17, 15) is 23.1 Å². The minimum atomic E-state index is -4.97. The molecule has 2 N–H and O–H groups in total. The van der Waals surface area contributed by atoms with Crippen LogP contribution in [0.2, 0.25) is 0 Å². The number of ether oxygens (including phenoxy) is 1. The van der Waals surface area contributed by atoms with Gasteiger partial charge in [-0.25, -0.2) is 0 Å². The Hall–Kier alpha value is -3.00. The molecule has 0 aliphatic rings. The van der Waals surface area contributed by atoms with Crippen LogP contribution < -0.4 is 15.1 Å². The number of rotatable bonds is 8. The fraction of sp³-hybridized carbons (Fsp3) is 0.423. The van der Waals surface area contributed by atoms with E-state index in [1.165, 1.54) is 12.1 Å². The first kappa shape index (κ1) is 25.6. The quantitative estimate of drug-likeness (QED) is 0.453. The van der Waals surface area contributed by atoms with Gasteiger partial charge in [0.15, 0.2) is 5.58 Å². The lowest BCUT2D eigenvalue weighted by atomic mass is 10.1. The molecule has 0 fully saturated rings. The molecule has 0 unspecified atom stereocenters. The Bertz CT molecular complexity index is 1240. The molecule has 2 aromatic carbocycles. The van der Waals surface area contributed by atoms with E-state index in [1.54, 1.807) is 19.9 Å². The number of hydrogen-bond donors (Lipinski definition) is 2. The van der Waals surface area contributed by atoms with Crippen molar-refractivity contribution in [2.45, 2.75) is 60.2 Å². The number of fused-ring (bicyclic) bond motifs is 1. The SMILES string of the molecule is CCC[NH+](CCC)Cc1c(O)ccc2c(=O)c(Oc3cc(C)cc(C)c3C)c(C(F)(F)F)oc12. The molecule has 0 saturated heterocycles. The Morgan fingerprint density at radius 2 is 1.71 bits per heavy atom. The third-order valence-electron chi connectivity index (χ3n) is 5.96. The fourth-order valence-electron chi connectivity index (χ4n) is 4.21. The number of phenolic OH excluding ortho intramolecular Hbond substituents is 1. The summed E-state index contributed by atoms with van der Waals surface area (Å²) in [4.78, 5) is 14.4. The van der Waals surface area contributed by atoms with E-state index >= 15 is 0 Å². The molecule has 0 bridgehead atoms. The van der Waals surface area contributed by atoms with Crippen LogP contribution in [0.3, 0.4) is 0 Å². The third kappa shape index (κ3) is 5.22. The topological polar surface area (TPSA) is 64.1 Å². The molecule has 0 amide bonds. The summed E-state index contributed by atoms with van der Waals surface area (Å²) in [6.07, 6.45) is -3.24. The standard InChI is InChI=1S/C26H30F3NO4/c1-6-10-30(11-7-2)14-19-20(31)9-8-18-22(32)24(25(26(27,28)29)34-23(18)19)33-21-13-15(3)12-16(4)17(21)5/h8-9,12-13,31H,6-7,10-11,14H2,1-5H3/p+1. The maximum Gasteiger partial charge on any atom is 0.453 e. The van der Waals surface area contributed by atoms with Crippen molar-refractivity contribution >= 4 is 11.0 Å². The van der Waals surface area contributed by atoms with Crippen LogP contribution in [0.4, 0.5) is 13.2 Å². The molecular weight excluding hydrogens is 447 g/mol. The Kier molecular flexibility index (Phi) is 7.60. The van der Waals surface area contributed by atoms with Crippen LogP contribution in [0.5, 0.6) is 17.2 Å². The summed E-state index contributed by atoms with van der Waals surface area (Å²) in [7, 11) is 0. The molecule has 0 atom stereocenters. The van der Waals surface area contributed by atoms with Crippen LogP contribution in [0.15, 0.2) is 33.5 Å². The zero-order valence-electron chi connectivity index (χ0n) is 20.2. The van der Waals surface area contributed by atoms with Crippen LogP contribution in [-0.2, 0) is 12.7 Å². The average Bonchev–Trinajstić information content (AvgIpc) is 2.74. The van der Waals surface area contributed by atoms with Crippen LogP contribution >= 0.6 is 0 Å². The lowest BCUT2D eigenvalue weighted by molar-refractivity contribution is -0.913. The van der Waals surface area contributed by atoms with E-state index in [1.807, 2.05) is 26.8 Å². The van der Waals surface area contributed by atoms with Crippen molar-refractivity contribution in [3.63, 3.8) is 0 Å². The Balaban J connectivity index is 2.25. The highest BCUT2D eigenvalue weighted by molar-refractivity contribution is 5.83. The van der Waals surface area contributed by atoms with E-state index in [0.29, 0.717) is 5.56 Å². The van der Waals surface area contributed by atoms with Gasteiger partial charge in [-0.15, -0.1) is 0 Å². The first-order chi connectivity index (χ1) is 16.0. The molecule has 0 spiro atoms. The zero-order valence-corrected chi connectivity index (χ0v) is 20.2. The molecule has 184 valence electrons. The monoisotopic (exact) mass is 478 g/mol. The van der Waals surface area contributed by atoms with Gasteiger partial charge in [-0.1, -0.05) is 19.9 Å². The van der Waals surface area contributed by atoms with Crippen molar-refractivity contribution in [3.8, 4) is 17.2 Å². The van der Waals surface area contributed by atoms with Gasteiger partial charge < -0.3 is 19.2 Å². The molecule has 3 rings (SSSR count). The van der Waals surface area contributed by atoms with Gasteiger partial charge in [0.2, 0.25) is 11.2 Å². The summed E-state index contributed by atoms with van der Waals surface area (Å²) < 4.78 is 53.2. The lowest BCUT2D eigenvalue weighted by Crippen LogP contribution is -3.10. The summed E-state index contributed by atoms with van der Waals surface area (Å²) in [5.74, 6) is -2.46. The number of hydrogen-bond acceptors (Lipinski definition) is 4. The highest BCUT2D eigenvalue weighted by Gasteiger charge is 2.41. The summed E-state index contributed by atoms with van der Waals surface area (Å²) in [5, 5.41) is 10.4. The first-order valence-electron chi connectivity index (χ1n) is 11.5. The lowest BCUT2D eigenvalue weighted by Gasteiger charge is -2.20. The molecular formula is C26H31F3NO4+. The van der Waals surface area contributed by atoms with Crippen LogP contribution in [0, 0.1) is 20.8 Å². The second-order valence-corrected chi connectivity index (χ2v) is 8.76. The number of alkyl halides is 3. The minimum Gasteiger partial charge on any atom is -0.507 e. The molecule has 0 aliphatic heterocycles. The number of benzene rings is 2. The van der Waals surface area contributed by atoms with Gasteiger partial charge in [0.25, 0.3) is 5.76 Å². The van der Waals surface area contributed by atoms with Gasteiger partial charge in [-0.2, -0.15) is 13.2 Å². The van der Waals surface area contributed by atoms with Gasteiger partial charge in [0.1, 0.15) is 18.0 Å². The van der Waals surface area contributed by atoms with E-state index in [4.69, 9.17) is 9.15 Å². The highest BCUT2D eigenvalue weighted by atomic mass is 19.4. The second kappa shape index (κ2) is 10.1. The maximum atomic E-state index is 14.1. The Morgan fingerprint density at radius 3 is 2.29 bits per heavy atom. The molecule has 34 heavy (non-hydrogen) atoms. The third-order valence-corrected chi connectivity index (χ3v) is 5.96. The van der Waals surface area contributed by atoms with Gasteiger partial charge in [-0.3, -0.25) is 4.79 Å². The predicted octanol–water partition coefficient (Wildman–Crippen LogP) is 5.44. The zero-order chi connectivity index (χ0) is 25.2. The van der Waals surface area contributed by atoms with Crippen molar-refractivity contribution in [1.29, 1.82) is 0 Å². The van der Waals surface area contributed by atoms with Gasteiger partial charge in [0.05, 0.1) is 24.0 Å². The van der Waals surface area contributed by atoms with Crippen molar-refractivity contribution in [2.24, 2.45) is 0 Å². The molecule has 0 radical (unpaired) electrons. The van der Waals surface area contributed by atoms with Crippen molar-refractivity contribution < 1.29 is 32.3 Å². The van der Waals surface area contributed by atoms with E-state index in [-0.39, 0.29) is 34.6 Å². The van der Waals surface area contributed by atoms with Crippen molar-refractivity contribution in [3.05, 3.63) is 62.5 Å². The smallest absolute Gasteiger partial charge is 0.453 e. The Labute approximate surface area is 196 Å². The average molecular weight is 479 g/mol.